The van der Waals surface area contributed by atoms with Gasteiger partial charge in [0.05, 0.1) is 0 Å². The zero-order chi connectivity index (χ0) is 12.9. The molecule has 4 nitrogen and oxygen atoms in total. The van der Waals surface area contributed by atoms with Crippen molar-refractivity contribution in [2.24, 2.45) is 0 Å². The molecular formula is C11H24Cl3FN4Ti. The van der Waals surface area contributed by atoms with Crippen molar-refractivity contribution in [2.75, 3.05) is 67.0 Å². The van der Waals surface area contributed by atoms with Gasteiger partial charge in [-0.1, -0.05) is 0 Å². The van der Waals surface area contributed by atoms with Crippen LogP contribution in [0.3, 0.4) is 0 Å². The molecule has 0 aromatic carbocycles. The monoisotopic (exact) mass is 384 g/mol. The number of hydrogen-bond acceptors (Lipinski definition) is 4. The summed E-state index contributed by atoms with van der Waals surface area (Å²) in [7, 11) is 5.93. The van der Waals surface area contributed by atoms with Crippen molar-refractivity contribution in [3.63, 3.8) is 0 Å². The van der Waals surface area contributed by atoms with Crippen LogP contribution in [0.2, 0.25) is 0 Å². The van der Waals surface area contributed by atoms with E-state index in [1.54, 1.807) is 20.4 Å². The van der Waals surface area contributed by atoms with Crippen molar-refractivity contribution in [1.82, 2.24) is 20.0 Å². The molecule has 1 aliphatic heterocycles. The van der Waals surface area contributed by atoms with E-state index in [0.29, 0.717) is 6.54 Å². The number of likely N-dealkylation sites (N-methyl/N-ethyl adjacent to an activating group) is 3. The molecule has 0 amide bonds. The smallest absolute Gasteiger partial charge is 1.00 e. The Morgan fingerprint density at radius 3 is 1.95 bits per heavy atom. The fraction of sp³-hybridized carbons (Fsp3) is 1.00. The summed E-state index contributed by atoms with van der Waals surface area (Å²) in [6, 6.07) is 0. The van der Waals surface area contributed by atoms with Gasteiger partial charge in [0.2, 0.25) is 0 Å². The van der Waals surface area contributed by atoms with Gasteiger partial charge in [-0.2, -0.15) is 0 Å². The minimum atomic E-state index is -1.26. The second kappa shape index (κ2) is 12.9. The summed E-state index contributed by atoms with van der Waals surface area (Å²) in [5.41, 5.74) is 0. The van der Waals surface area contributed by atoms with Gasteiger partial charge in [0.25, 0.3) is 0 Å². The van der Waals surface area contributed by atoms with E-state index < -0.39 is 4.10 Å². The molecule has 1 atom stereocenters. The molecule has 1 heterocycles. The Kier molecular flexibility index (Phi) is 16.9. The van der Waals surface area contributed by atoms with Crippen molar-refractivity contribution >= 4 is 0 Å². The van der Waals surface area contributed by atoms with E-state index in [1.807, 2.05) is 19.0 Å². The first kappa shape index (κ1) is 26.3. The van der Waals surface area contributed by atoms with Crippen LogP contribution in [0.1, 0.15) is 0 Å². The van der Waals surface area contributed by atoms with Gasteiger partial charge in [0, 0.05) is 0 Å². The first-order valence-corrected chi connectivity index (χ1v) is 6.93. The van der Waals surface area contributed by atoms with Crippen LogP contribution in [0, 0.1) is 0 Å². The standard InChI is InChI=1S/C11H24FN4.3ClH.Ti/c1-14-6-4-13-5-7-15(2)10-11(12)16(3)9-8-14;;;;/h13H,4-10H2,1-3H3;3*1H;/q;;;;+3/p-3. The minimum absolute atomic E-state index is 0. The van der Waals surface area contributed by atoms with Gasteiger partial charge in [0.1, 0.15) is 0 Å². The number of alkyl halides is 1. The third kappa shape index (κ3) is 10.1. The summed E-state index contributed by atoms with van der Waals surface area (Å²) in [5, 5.41) is 3.38. The van der Waals surface area contributed by atoms with Crippen LogP contribution in [0.25, 0.3) is 0 Å². The summed E-state index contributed by atoms with van der Waals surface area (Å²) in [4.78, 5) is 6.11. The molecule has 1 saturated heterocycles. The Hall–Kier alpha value is 1.35. The Balaban J connectivity index is -0.000000963. The molecule has 0 spiro atoms. The van der Waals surface area contributed by atoms with Crippen molar-refractivity contribution in [1.29, 1.82) is 0 Å². The summed E-state index contributed by atoms with van der Waals surface area (Å²) >= 11 is 1.67. The van der Waals surface area contributed by atoms with Crippen LogP contribution < -0.4 is 42.5 Å². The molecule has 1 rings (SSSR count). The van der Waals surface area contributed by atoms with Crippen molar-refractivity contribution in [2.45, 2.75) is 4.10 Å². The van der Waals surface area contributed by atoms with Crippen LogP contribution >= 0.6 is 0 Å². The summed E-state index contributed by atoms with van der Waals surface area (Å²) in [6.07, 6.45) is 0. The zero-order valence-corrected chi connectivity index (χ0v) is 16.1. The van der Waals surface area contributed by atoms with E-state index >= 15 is 0 Å². The summed E-state index contributed by atoms with van der Waals surface area (Å²) in [6.45, 7) is 5.94. The maximum atomic E-state index is 14.5. The molecule has 120 valence electrons. The maximum absolute atomic E-state index is 14.5. The topological polar surface area (TPSA) is 21.8 Å². The number of halogens is 4. The Morgan fingerprint density at radius 1 is 0.900 bits per heavy atom. The molecule has 0 radical (unpaired) electrons. The van der Waals surface area contributed by atoms with Crippen LogP contribution in [0.4, 0.5) is 4.39 Å². The number of nitrogens with one attached hydrogen (secondary N) is 1. The van der Waals surface area contributed by atoms with Crippen LogP contribution in [-0.2, 0) is 20.4 Å². The first-order chi connectivity index (χ1) is 7.92. The van der Waals surface area contributed by atoms with E-state index in [2.05, 4.69) is 22.2 Å². The quantitative estimate of drug-likeness (QED) is 0.330. The molecule has 0 saturated carbocycles. The van der Waals surface area contributed by atoms with Gasteiger partial charge >= 0.3 is 116 Å². The Labute approximate surface area is 152 Å². The van der Waals surface area contributed by atoms with Gasteiger partial charge in [-0.15, -0.1) is 0 Å². The molecule has 0 aromatic heterocycles. The Morgan fingerprint density at radius 2 is 1.40 bits per heavy atom. The van der Waals surface area contributed by atoms with E-state index in [9.17, 15) is 4.39 Å². The second-order valence-electron chi connectivity index (χ2n) is 4.97. The third-order valence-corrected chi connectivity index (χ3v) is 4.09. The van der Waals surface area contributed by atoms with Gasteiger partial charge in [-0.3, -0.25) is 0 Å². The van der Waals surface area contributed by atoms with Crippen LogP contribution in [0.5, 0.6) is 0 Å². The predicted molar refractivity (Wildman–Crippen MR) is 64.3 cm³/mol. The molecule has 1 unspecified atom stereocenters. The minimum Gasteiger partial charge on any atom is -1.00 e. The van der Waals surface area contributed by atoms with Crippen molar-refractivity contribution in [3.8, 4) is 0 Å². The average Bonchev–Trinajstić information content (AvgIpc) is 2.23. The van der Waals surface area contributed by atoms with Crippen LogP contribution in [-0.4, -0.2) is 85.8 Å². The number of hydrogen-bond donors (Lipinski definition) is 1. The largest absolute Gasteiger partial charge is 1.00 e. The zero-order valence-electron chi connectivity index (χ0n) is 12.3. The molecule has 1 fully saturated rings. The third-order valence-electron chi connectivity index (χ3n) is 3.24. The molecule has 1 N–H and O–H groups in total. The van der Waals surface area contributed by atoms with Gasteiger partial charge in [-0.25, -0.2) is 0 Å². The first-order valence-electron chi connectivity index (χ1n) is 6.15. The average molecular weight is 386 g/mol. The molecule has 0 aliphatic carbocycles. The van der Waals surface area contributed by atoms with E-state index in [1.165, 1.54) is 0 Å². The molecule has 0 bridgehead atoms. The number of nitrogens with zero attached hydrogens (tertiary/aromatic N) is 3. The van der Waals surface area contributed by atoms with E-state index in [4.69, 9.17) is 0 Å². The van der Waals surface area contributed by atoms with Gasteiger partial charge in [-0.05, 0) is 0 Å². The van der Waals surface area contributed by atoms with Crippen LogP contribution in [0.15, 0.2) is 0 Å². The molecular weight excluding hydrogens is 361 g/mol. The summed E-state index contributed by atoms with van der Waals surface area (Å²) in [5.74, 6) is 0. The number of rotatable bonds is 0. The summed E-state index contributed by atoms with van der Waals surface area (Å²) < 4.78 is 13.2. The molecule has 20 heavy (non-hydrogen) atoms. The van der Waals surface area contributed by atoms with Crippen molar-refractivity contribution < 1.29 is 62.0 Å². The molecule has 1 aliphatic rings. The SMILES string of the molecule is CN1CCNCCN(C)C[C](F)([Ti+3])N(C)CC1.[Cl-].[Cl-].[Cl-]. The fourth-order valence-electron chi connectivity index (χ4n) is 1.83. The predicted octanol–water partition coefficient (Wildman–Crippen LogP) is -9.43. The maximum Gasteiger partial charge on any atom is -1.00 e. The molecule has 9 heteroatoms. The second-order valence-corrected chi connectivity index (χ2v) is 6.17. The molecule has 0 aromatic rings. The normalized spacial score (nSPS) is 28.1. The van der Waals surface area contributed by atoms with Gasteiger partial charge < -0.3 is 37.2 Å². The van der Waals surface area contributed by atoms with E-state index in [0.717, 1.165) is 39.3 Å². The van der Waals surface area contributed by atoms with Crippen molar-refractivity contribution in [3.05, 3.63) is 0 Å². The fourth-order valence-corrected chi connectivity index (χ4v) is 2.43. The van der Waals surface area contributed by atoms with Gasteiger partial charge in [0.15, 0.2) is 0 Å². The Bertz CT molecular complexity index is 240. The van der Waals surface area contributed by atoms with E-state index in [-0.39, 0.29) is 37.2 Å².